The molecule has 152 valence electrons. The number of fused-ring (bicyclic) bond motifs is 3. The maximum absolute atomic E-state index is 10.7. The van der Waals surface area contributed by atoms with E-state index in [4.69, 9.17) is 16.3 Å². The zero-order valence-corrected chi connectivity index (χ0v) is 15.8. The van der Waals surface area contributed by atoms with E-state index in [-0.39, 0.29) is 6.54 Å². The number of aromatic nitrogens is 1. The van der Waals surface area contributed by atoms with Crippen LogP contribution in [0, 0.1) is 0 Å². The third-order valence-electron chi connectivity index (χ3n) is 5.47. The lowest BCUT2D eigenvalue weighted by atomic mass is 9.99. The van der Waals surface area contributed by atoms with E-state index in [1.165, 1.54) is 6.34 Å². The molecule has 1 aromatic heterocycles. The number of halogens is 1. The van der Waals surface area contributed by atoms with Gasteiger partial charge in [-0.3, -0.25) is 9.89 Å². The zero-order chi connectivity index (χ0) is 20.3. The van der Waals surface area contributed by atoms with Gasteiger partial charge in [0.15, 0.2) is 12.5 Å². The molecule has 4 heterocycles. The van der Waals surface area contributed by atoms with Crippen LogP contribution in [0.15, 0.2) is 46.5 Å². The Hall–Kier alpha value is -2.27. The molecule has 29 heavy (non-hydrogen) atoms. The number of benzene rings is 1. The molecule has 2 aromatic rings. The fraction of sp³-hybridized carbons (Fsp3) is 0.368. The molecule has 3 aliphatic rings. The minimum Gasteiger partial charge on any atom is -0.387 e. The second-order valence-electron chi connectivity index (χ2n) is 7.23. The quantitative estimate of drug-likeness (QED) is 0.577. The molecule has 0 spiro atoms. The molecule has 3 aliphatic heterocycles. The van der Waals surface area contributed by atoms with Crippen LogP contribution in [0.2, 0.25) is 5.02 Å². The highest BCUT2D eigenvalue weighted by Crippen LogP contribution is 2.40. The SMILES string of the molecule is OC1CN=C2c3ccn([C@@H]4O[C@H]([C@H](O)c5ccc(Cl)cc5)[C@@H](O)[C@H]4O)c3N=CN21. The number of aliphatic hydroxyl groups excluding tert-OH is 4. The Balaban J connectivity index is 1.43. The fourth-order valence-electron chi connectivity index (χ4n) is 3.93. The first-order chi connectivity index (χ1) is 14.0. The third-order valence-corrected chi connectivity index (χ3v) is 5.73. The lowest BCUT2D eigenvalue weighted by molar-refractivity contribution is -0.0854. The van der Waals surface area contributed by atoms with Gasteiger partial charge in [0.05, 0.1) is 12.1 Å². The van der Waals surface area contributed by atoms with Crippen LogP contribution < -0.4 is 0 Å². The number of amidine groups is 1. The summed E-state index contributed by atoms with van der Waals surface area (Å²) in [6.45, 7) is 0.253. The van der Waals surface area contributed by atoms with Crippen LogP contribution in [0.4, 0.5) is 5.82 Å². The normalized spacial score (nSPS) is 31.6. The Bertz CT molecular complexity index is 991. The summed E-state index contributed by atoms with van der Waals surface area (Å²) in [5.41, 5.74) is 1.21. The number of rotatable bonds is 3. The summed E-state index contributed by atoms with van der Waals surface area (Å²) in [7, 11) is 0. The van der Waals surface area contributed by atoms with Gasteiger partial charge in [-0.05, 0) is 23.8 Å². The molecule has 5 rings (SSSR count). The van der Waals surface area contributed by atoms with E-state index in [2.05, 4.69) is 9.98 Å². The molecule has 0 bridgehead atoms. The van der Waals surface area contributed by atoms with Crippen molar-refractivity contribution in [2.24, 2.45) is 9.98 Å². The largest absolute Gasteiger partial charge is 0.387 e. The van der Waals surface area contributed by atoms with Gasteiger partial charge in [0, 0.05) is 11.2 Å². The highest BCUT2D eigenvalue weighted by atomic mass is 35.5. The van der Waals surface area contributed by atoms with Crippen molar-refractivity contribution in [3.63, 3.8) is 0 Å². The molecular formula is C19H19ClN4O5. The van der Waals surface area contributed by atoms with Crippen LogP contribution in [-0.2, 0) is 4.74 Å². The van der Waals surface area contributed by atoms with Crippen molar-refractivity contribution in [1.29, 1.82) is 0 Å². The topological polar surface area (TPSA) is 123 Å². The lowest BCUT2D eigenvalue weighted by Gasteiger charge is -2.24. The first-order valence-corrected chi connectivity index (χ1v) is 9.55. The second kappa shape index (κ2) is 6.91. The zero-order valence-electron chi connectivity index (χ0n) is 15.1. The van der Waals surface area contributed by atoms with Gasteiger partial charge in [0.1, 0.15) is 42.4 Å². The number of ether oxygens (including phenoxy) is 1. The summed E-state index contributed by atoms with van der Waals surface area (Å²) in [5.74, 6) is 1.08. The number of hydrogen-bond donors (Lipinski definition) is 4. The summed E-state index contributed by atoms with van der Waals surface area (Å²) in [5, 5.41) is 42.3. The van der Waals surface area contributed by atoms with Gasteiger partial charge in [-0.25, -0.2) is 4.99 Å². The summed E-state index contributed by atoms with van der Waals surface area (Å²) in [4.78, 5) is 10.3. The molecule has 0 saturated carbocycles. The summed E-state index contributed by atoms with van der Waals surface area (Å²) in [6, 6.07) is 8.32. The van der Waals surface area contributed by atoms with Crippen LogP contribution in [0.3, 0.4) is 0 Å². The van der Waals surface area contributed by atoms with Gasteiger partial charge < -0.3 is 29.7 Å². The van der Waals surface area contributed by atoms with Crippen molar-refractivity contribution < 1.29 is 25.2 Å². The predicted molar refractivity (Wildman–Crippen MR) is 104 cm³/mol. The average Bonchev–Trinajstić information content (AvgIpc) is 3.39. The molecule has 0 radical (unpaired) electrons. The van der Waals surface area contributed by atoms with Crippen molar-refractivity contribution in [2.45, 2.75) is 36.9 Å². The fourth-order valence-corrected chi connectivity index (χ4v) is 4.06. The highest BCUT2D eigenvalue weighted by molar-refractivity contribution is 6.30. The molecule has 0 amide bonds. The van der Waals surface area contributed by atoms with E-state index in [1.54, 1.807) is 46.0 Å². The number of hydrogen-bond acceptors (Lipinski definition) is 8. The maximum atomic E-state index is 10.7. The van der Waals surface area contributed by atoms with Crippen LogP contribution in [0.5, 0.6) is 0 Å². The third kappa shape index (κ3) is 2.90. The van der Waals surface area contributed by atoms with Crippen molar-refractivity contribution in [3.8, 4) is 0 Å². The van der Waals surface area contributed by atoms with E-state index in [0.29, 0.717) is 27.8 Å². The second-order valence-corrected chi connectivity index (χ2v) is 7.66. The number of nitrogens with zero attached hydrogens (tertiary/aromatic N) is 4. The number of aliphatic hydroxyl groups is 4. The van der Waals surface area contributed by atoms with Gasteiger partial charge in [-0.15, -0.1) is 0 Å². The average molecular weight is 419 g/mol. The minimum atomic E-state index is -1.31. The Morgan fingerprint density at radius 1 is 1.10 bits per heavy atom. The lowest BCUT2D eigenvalue weighted by Crippen LogP contribution is -2.37. The molecule has 1 unspecified atom stereocenters. The molecule has 4 N–H and O–H groups in total. The first-order valence-electron chi connectivity index (χ1n) is 9.17. The van der Waals surface area contributed by atoms with Gasteiger partial charge in [0.2, 0.25) is 0 Å². The molecule has 10 heteroatoms. The van der Waals surface area contributed by atoms with Crippen LogP contribution >= 0.6 is 11.6 Å². The van der Waals surface area contributed by atoms with E-state index in [0.717, 1.165) is 0 Å². The van der Waals surface area contributed by atoms with E-state index < -0.39 is 36.9 Å². The molecule has 1 aromatic carbocycles. The molecule has 6 atom stereocenters. The summed E-state index contributed by atoms with van der Waals surface area (Å²) < 4.78 is 7.47. The van der Waals surface area contributed by atoms with Crippen molar-refractivity contribution in [3.05, 3.63) is 52.7 Å². The first kappa shape index (κ1) is 18.7. The van der Waals surface area contributed by atoms with E-state index in [1.807, 2.05) is 0 Å². The molecule has 0 aliphatic carbocycles. The van der Waals surface area contributed by atoms with Gasteiger partial charge >= 0.3 is 0 Å². The number of aliphatic imine (C=N–C) groups is 2. The van der Waals surface area contributed by atoms with Gasteiger partial charge in [0.25, 0.3) is 0 Å². The monoisotopic (exact) mass is 418 g/mol. The van der Waals surface area contributed by atoms with Crippen LogP contribution in [0.1, 0.15) is 23.5 Å². The van der Waals surface area contributed by atoms with E-state index in [9.17, 15) is 20.4 Å². The van der Waals surface area contributed by atoms with Crippen molar-refractivity contribution in [2.75, 3.05) is 6.54 Å². The predicted octanol–water partition coefficient (Wildman–Crippen LogP) is 0.548. The van der Waals surface area contributed by atoms with Crippen LogP contribution in [-0.4, -0.2) is 73.2 Å². The Morgan fingerprint density at radius 2 is 1.86 bits per heavy atom. The Kier molecular flexibility index (Phi) is 4.46. The molecule has 9 nitrogen and oxygen atoms in total. The highest BCUT2D eigenvalue weighted by Gasteiger charge is 2.48. The van der Waals surface area contributed by atoms with E-state index >= 15 is 0 Å². The Morgan fingerprint density at radius 3 is 2.62 bits per heavy atom. The summed E-state index contributed by atoms with van der Waals surface area (Å²) in [6.07, 6.45) is -3.31. The molecule has 1 fully saturated rings. The molecule has 1 saturated heterocycles. The standard InChI is InChI=1S/C19H19ClN4O5/c20-10-3-1-9(2-4-10)13(26)16-14(27)15(28)19(29-16)23-6-5-11-17-21-7-12(25)24(17)8-22-18(11)23/h1-6,8,12-16,19,25-28H,7H2/t12?,13-,14+,15-,16-,19-/m1/s1. The van der Waals surface area contributed by atoms with Gasteiger partial charge in [-0.2, -0.15) is 0 Å². The minimum absolute atomic E-state index is 0.253. The van der Waals surface area contributed by atoms with Gasteiger partial charge in [-0.1, -0.05) is 23.7 Å². The van der Waals surface area contributed by atoms with Crippen molar-refractivity contribution in [1.82, 2.24) is 9.47 Å². The maximum Gasteiger partial charge on any atom is 0.164 e. The summed E-state index contributed by atoms with van der Waals surface area (Å²) >= 11 is 5.89. The molecular weight excluding hydrogens is 400 g/mol. The van der Waals surface area contributed by atoms with Crippen molar-refractivity contribution >= 4 is 29.6 Å². The Labute approximate surface area is 170 Å². The smallest absolute Gasteiger partial charge is 0.164 e. The van der Waals surface area contributed by atoms with Crippen LogP contribution in [0.25, 0.3) is 0 Å².